The second-order valence-corrected chi connectivity index (χ2v) is 9.21. The summed E-state index contributed by atoms with van der Waals surface area (Å²) < 4.78 is 5.78. The first kappa shape index (κ1) is 20.9. The van der Waals surface area contributed by atoms with E-state index in [-0.39, 0.29) is 17.9 Å². The highest BCUT2D eigenvalue weighted by Crippen LogP contribution is 2.37. The van der Waals surface area contributed by atoms with Gasteiger partial charge < -0.3 is 19.9 Å². The van der Waals surface area contributed by atoms with Crippen LogP contribution in [0.1, 0.15) is 49.8 Å². The minimum Gasteiger partial charge on any atom is -0.453 e. The van der Waals surface area contributed by atoms with Gasteiger partial charge in [0.05, 0.1) is 18.8 Å². The van der Waals surface area contributed by atoms with Crippen LogP contribution in [0, 0.1) is 5.92 Å². The predicted octanol–water partition coefficient (Wildman–Crippen LogP) is 3.98. The number of rotatable bonds is 4. The number of methoxy groups -OCH3 is 1. The summed E-state index contributed by atoms with van der Waals surface area (Å²) in [7, 11) is 1.31. The van der Waals surface area contributed by atoms with Crippen LogP contribution in [0.5, 0.6) is 0 Å². The number of aryl methyl sites for hydroxylation is 2. The third kappa shape index (κ3) is 3.85. The Morgan fingerprint density at radius 3 is 2.87 bits per heavy atom. The molecule has 1 aliphatic heterocycles. The SMILES string of the molecule is COC(=O)NC(C(=O)N1CCCC1c1nc2c([nH]1)CCc1cc(Br)ccc1-2)C(C)C. The fourth-order valence-corrected chi connectivity index (χ4v) is 4.85. The van der Waals surface area contributed by atoms with Crippen LogP contribution in [-0.2, 0) is 22.4 Å². The average Bonchev–Trinajstić information content (AvgIpc) is 3.37. The molecular formula is C22H27BrN4O3. The van der Waals surface area contributed by atoms with E-state index in [1.54, 1.807) is 0 Å². The molecule has 4 rings (SSSR count). The van der Waals surface area contributed by atoms with E-state index in [0.29, 0.717) is 6.54 Å². The summed E-state index contributed by atoms with van der Waals surface area (Å²) in [5.41, 5.74) is 4.57. The van der Waals surface area contributed by atoms with Crippen molar-refractivity contribution in [1.82, 2.24) is 20.2 Å². The van der Waals surface area contributed by atoms with E-state index in [1.807, 2.05) is 24.8 Å². The van der Waals surface area contributed by atoms with E-state index in [4.69, 9.17) is 9.72 Å². The molecule has 2 unspecified atom stereocenters. The summed E-state index contributed by atoms with van der Waals surface area (Å²) in [6.45, 7) is 4.50. The highest BCUT2D eigenvalue weighted by atomic mass is 79.9. The molecule has 8 heteroatoms. The van der Waals surface area contributed by atoms with Gasteiger partial charge in [0.25, 0.3) is 0 Å². The van der Waals surface area contributed by atoms with Crippen LogP contribution in [0.4, 0.5) is 4.79 Å². The molecule has 1 aromatic carbocycles. The first-order valence-corrected chi connectivity index (χ1v) is 11.2. The number of nitrogens with zero attached hydrogens (tertiary/aromatic N) is 2. The van der Waals surface area contributed by atoms with Crippen LogP contribution in [-0.4, -0.2) is 46.6 Å². The van der Waals surface area contributed by atoms with Crippen molar-refractivity contribution >= 4 is 27.9 Å². The number of nitrogens with one attached hydrogen (secondary N) is 2. The number of hydrogen-bond donors (Lipinski definition) is 2. The molecule has 30 heavy (non-hydrogen) atoms. The van der Waals surface area contributed by atoms with Gasteiger partial charge in [-0.25, -0.2) is 9.78 Å². The van der Waals surface area contributed by atoms with Crippen molar-refractivity contribution in [3.05, 3.63) is 39.8 Å². The maximum Gasteiger partial charge on any atom is 0.407 e. The lowest BCUT2D eigenvalue weighted by atomic mass is 9.92. The second kappa shape index (κ2) is 8.41. The van der Waals surface area contributed by atoms with E-state index in [2.05, 4.69) is 38.4 Å². The van der Waals surface area contributed by atoms with Gasteiger partial charge in [0.2, 0.25) is 5.91 Å². The fraction of sp³-hybridized carbons (Fsp3) is 0.500. The molecule has 1 saturated heterocycles. The van der Waals surface area contributed by atoms with Crippen molar-refractivity contribution in [2.24, 2.45) is 5.92 Å². The third-order valence-electron chi connectivity index (χ3n) is 6.01. The number of ether oxygens (including phenoxy) is 1. The molecule has 0 saturated carbocycles. The maximum atomic E-state index is 13.3. The smallest absolute Gasteiger partial charge is 0.407 e. The Balaban J connectivity index is 1.61. The largest absolute Gasteiger partial charge is 0.453 e. The number of alkyl carbamates (subject to hydrolysis) is 1. The van der Waals surface area contributed by atoms with Gasteiger partial charge in [0.1, 0.15) is 11.9 Å². The topological polar surface area (TPSA) is 87.3 Å². The lowest BCUT2D eigenvalue weighted by Crippen LogP contribution is -2.51. The number of halogens is 1. The highest BCUT2D eigenvalue weighted by Gasteiger charge is 2.38. The zero-order chi connectivity index (χ0) is 21.4. The monoisotopic (exact) mass is 474 g/mol. The van der Waals surface area contributed by atoms with Crippen LogP contribution in [0.3, 0.4) is 0 Å². The molecule has 1 aromatic heterocycles. The van der Waals surface area contributed by atoms with E-state index in [1.165, 1.54) is 12.7 Å². The number of carbonyl (C=O) groups is 2. The molecule has 2 atom stereocenters. The summed E-state index contributed by atoms with van der Waals surface area (Å²) in [5, 5.41) is 2.69. The zero-order valence-electron chi connectivity index (χ0n) is 17.5. The van der Waals surface area contributed by atoms with E-state index < -0.39 is 12.1 Å². The van der Waals surface area contributed by atoms with Crippen LogP contribution < -0.4 is 5.32 Å². The molecule has 160 valence electrons. The minimum atomic E-state index is -0.624. The molecule has 7 nitrogen and oxygen atoms in total. The van der Waals surface area contributed by atoms with Crippen LogP contribution >= 0.6 is 15.9 Å². The van der Waals surface area contributed by atoms with Gasteiger partial charge in [0, 0.05) is 22.3 Å². The predicted molar refractivity (Wildman–Crippen MR) is 117 cm³/mol. The summed E-state index contributed by atoms with van der Waals surface area (Å²) >= 11 is 3.55. The Hall–Kier alpha value is -2.35. The number of aromatic amines is 1. The van der Waals surface area contributed by atoms with Crippen molar-refractivity contribution in [2.45, 2.75) is 51.6 Å². The van der Waals surface area contributed by atoms with Gasteiger partial charge in [-0.1, -0.05) is 35.8 Å². The number of aromatic nitrogens is 2. The molecule has 0 radical (unpaired) electrons. The Morgan fingerprint density at radius 1 is 1.33 bits per heavy atom. The molecular weight excluding hydrogens is 448 g/mol. The average molecular weight is 475 g/mol. The summed E-state index contributed by atoms with van der Waals surface area (Å²) in [5.74, 6) is 0.701. The number of carbonyl (C=O) groups excluding carboxylic acids is 2. The van der Waals surface area contributed by atoms with E-state index >= 15 is 0 Å². The number of hydrogen-bond acceptors (Lipinski definition) is 4. The first-order valence-electron chi connectivity index (χ1n) is 10.4. The molecule has 1 fully saturated rings. The molecule has 2 heterocycles. The Labute approximate surface area is 184 Å². The van der Waals surface area contributed by atoms with Gasteiger partial charge in [-0.3, -0.25) is 4.79 Å². The van der Waals surface area contributed by atoms with Gasteiger partial charge >= 0.3 is 6.09 Å². The van der Waals surface area contributed by atoms with Gasteiger partial charge in [-0.15, -0.1) is 0 Å². The molecule has 0 bridgehead atoms. The quantitative estimate of drug-likeness (QED) is 0.701. The zero-order valence-corrected chi connectivity index (χ0v) is 19.1. The summed E-state index contributed by atoms with van der Waals surface area (Å²) in [6, 6.07) is 5.57. The van der Waals surface area contributed by atoms with Crippen molar-refractivity contribution < 1.29 is 14.3 Å². The summed E-state index contributed by atoms with van der Waals surface area (Å²) in [4.78, 5) is 35.4. The summed E-state index contributed by atoms with van der Waals surface area (Å²) in [6.07, 6.45) is 3.05. The number of benzene rings is 1. The molecule has 2 amide bonds. The molecule has 0 spiro atoms. The fourth-order valence-electron chi connectivity index (χ4n) is 4.44. The van der Waals surface area contributed by atoms with Gasteiger partial charge in [-0.2, -0.15) is 0 Å². The van der Waals surface area contributed by atoms with Crippen LogP contribution in [0.15, 0.2) is 22.7 Å². The minimum absolute atomic E-state index is 0.0482. The molecule has 2 aliphatic rings. The number of amides is 2. The second-order valence-electron chi connectivity index (χ2n) is 8.30. The Bertz CT molecular complexity index is 971. The molecule has 1 aliphatic carbocycles. The first-order chi connectivity index (χ1) is 14.4. The van der Waals surface area contributed by atoms with Crippen molar-refractivity contribution in [3.63, 3.8) is 0 Å². The Morgan fingerprint density at radius 2 is 2.13 bits per heavy atom. The molecule has 2 aromatic rings. The maximum absolute atomic E-state index is 13.3. The van der Waals surface area contributed by atoms with E-state index in [9.17, 15) is 9.59 Å². The lowest BCUT2D eigenvalue weighted by molar-refractivity contribution is -0.135. The Kier molecular flexibility index (Phi) is 5.86. The molecule has 2 N–H and O–H groups in total. The van der Waals surface area contributed by atoms with Crippen LogP contribution in [0.2, 0.25) is 0 Å². The van der Waals surface area contributed by atoms with Gasteiger partial charge in [-0.05, 0) is 49.3 Å². The van der Waals surface area contributed by atoms with Crippen molar-refractivity contribution in [3.8, 4) is 11.3 Å². The van der Waals surface area contributed by atoms with E-state index in [0.717, 1.165) is 52.9 Å². The lowest BCUT2D eigenvalue weighted by Gasteiger charge is -2.30. The number of likely N-dealkylation sites (tertiary alicyclic amines) is 1. The van der Waals surface area contributed by atoms with Crippen molar-refractivity contribution in [1.29, 1.82) is 0 Å². The standard InChI is InChI=1S/C22H27BrN4O3/c1-12(2)18(26-22(29)30-3)21(28)27-10-4-5-17(27)20-24-16-9-6-13-11-14(23)7-8-15(13)19(16)25-20/h7-8,11-12,17-18H,4-6,9-10H2,1-3H3,(H,24,25)(H,26,29). The van der Waals surface area contributed by atoms with Gasteiger partial charge in [0.15, 0.2) is 0 Å². The van der Waals surface area contributed by atoms with Crippen molar-refractivity contribution in [2.75, 3.05) is 13.7 Å². The van der Waals surface area contributed by atoms with Crippen LogP contribution in [0.25, 0.3) is 11.3 Å². The normalized spacial score (nSPS) is 18.7. The highest BCUT2D eigenvalue weighted by molar-refractivity contribution is 9.10. The number of imidazole rings is 1. The number of H-pyrrole nitrogens is 1. The number of fused-ring (bicyclic) bond motifs is 3. The third-order valence-corrected chi connectivity index (χ3v) is 6.50.